The van der Waals surface area contributed by atoms with Crippen LogP contribution >= 0.6 is 0 Å². The molecule has 0 bridgehead atoms. The molecule has 0 aromatic rings. The molecule has 0 saturated carbocycles. The zero-order valence-electron chi connectivity index (χ0n) is 27.7. The summed E-state index contributed by atoms with van der Waals surface area (Å²) in [6.45, 7) is 18.5. The van der Waals surface area contributed by atoms with Gasteiger partial charge in [-0.1, -0.05) is 63.0 Å². The van der Waals surface area contributed by atoms with E-state index in [1.165, 1.54) is 56.3 Å². The van der Waals surface area contributed by atoms with E-state index in [1.807, 2.05) is 40.7 Å². The molecule has 0 aliphatic heterocycles. The maximum atomic E-state index is 13.1. The number of unbranched alkanes of at least 4 members (excludes halogenated alkanes) is 10. The zero-order valence-corrected chi connectivity index (χ0v) is 27.7. The smallest absolute Gasteiger partial charge is 0.417 e. The van der Waals surface area contributed by atoms with E-state index in [0.717, 1.165) is 50.9 Å². The second-order valence-corrected chi connectivity index (χ2v) is 13.0. The van der Waals surface area contributed by atoms with E-state index >= 15 is 0 Å². The molecule has 0 heterocycles. The maximum absolute atomic E-state index is 13.1. The van der Waals surface area contributed by atoms with Gasteiger partial charge >= 0.3 is 12.2 Å². The molecule has 9 nitrogen and oxygen atoms in total. The number of amides is 2. The van der Waals surface area contributed by atoms with Gasteiger partial charge in [-0.25, -0.2) is 14.5 Å². The van der Waals surface area contributed by atoms with E-state index in [1.54, 1.807) is 20.8 Å². The van der Waals surface area contributed by atoms with Crippen molar-refractivity contribution in [2.45, 2.75) is 144 Å². The minimum Gasteiger partial charge on any atom is -0.444 e. The average Bonchev–Trinajstić information content (AvgIpc) is 2.83. The van der Waals surface area contributed by atoms with Gasteiger partial charge in [0.05, 0.1) is 6.54 Å². The molecule has 0 rings (SSSR count). The Labute approximate surface area is 251 Å². The molecule has 0 saturated heterocycles. The Hall–Kier alpha value is -2.13. The second-order valence-electron chi connectivity index (χ2n) is 13.0. The number of ether oxygens (including phenoxy) is 2. The first-order chi connectivity index (χ1) is 19.2. The minimum absolute atomic E-state index is 0.146. The molecule has 4 N–H and O–H groups in total. The Morgan fingerprint density at radius 3 is 1.73 bits per heavy atom. The van der Waals surface area contributed by atoms with Crippen molar-refractivity contribution in [3.05, 3.63) is 11.6 Å². The van der Waals surface area contributed by atoms with Gasteiger partial charge in [0.2, 0.25) is 5.96 Å². The number of hydrogen-bond donors (Lipinski definition) is 3. The predicted octanol–water partition coefficient (Wildman–Crippen LogP) is 7.30. The molecule has 240 valence electrons. The molecule has 2 amide bonds. The van der Waals surface area contributed by atoms with E-state index in [-0.39, 0.29) is 12.5 Å². The van der Waals surface area contributed by atoms with Crippen molar-refractivity contribution in [1.82, 2.24) is 15.5 Å². The van der Waals surface area contributed by atoms with Crippen molar-refractivity contribution in [3.63, 3.8) is 0 Å². The second kappa shape index (κ2) is 22.5. The Balaban J connectivity index is 4.67. The number of allylic oxidation sites excluding steroid dienone is 1. The molecule has 9 heteroatoms. The fourth-order valence-electron chi connectivity index (χ4n) is 3.91. The van der Waals surface area contributed by atoms with Crippen LogP contribution in [0.2, 0.25) is 0 Å². The van der Waals surface area contributed by atoms with Crippen LogP contribution < -0.4 is 16.4 Å². The van der Waals surface area contributed by atoms with Crippen LogP contribution in [-0.2, 0) is 9.47 Å². The number of nitrogens with two attached hydrogens (primary N) is 1. The summed E-state index contributed by atoms with van der Waals surface area (Å²) in [5.74, 6) is 0.146. The number of aliphatic imine (C=N–C) groups is 1. The number of guanidine groups is 1. The van der Waals surface area contributed by atoms with Gasteiger partial charge in [-0.15, -0.1) is 0 Å². The first kappa shape index (κ1) is 38.9. The Morgan fingerprint density at radius 2 is 1.24 bits per heavy atom. The largest absolute Gasteiger partial charge is 0.444 e. The summed E-state index contributed by atoms with van der Waals surface area (Å²) in [6.07, 6.45) is 14.9. The third-order valence-electron chi connectivity index (χ3n) is 6.00. The van der Waals surface area contributed by atoms with Gasteiger partial charge in [0.1, 0.15) is 11.2 Å². The van der Waals surface area contributed by atoms with Crippen molar-refractivity contribution in [3.8, 4) is 0 Å². The summed E-state index contributed by atoms with van der Waals surface area (Å²) in [5.41, 5.74) is 5.22. The lowest BCUT2D eigenvalue weighted by molar-refractivity contribution is 0.0372. The molecule has 0 aliphatic carbocycles. The summed E-state index contributed by atoms with van der Waals surface area (Å²) in [6, 6.07) is 0. The quantitative estimate of drug-likeness (QED) is 0.0637. The molecule has 0 radical (unpaired) electrons. The molecular formula is C32H63N5O4. The Kier molecular flexibility index (Phi) is 21.3. The van der Waals surface area contributed by atoms with Crippen molar-refractivity contribution in [1.29, 1.82) is 0 Å². The number of hydrogen-bond acceptors (Lipinski definition) is 7. The number of carbonyl (C=O) groups excluding carboxylic acids is 2. The summed E-state index contributed by atoms with van der Waals surface area (Å²) < 4.78 is 11.0. The molecule has 0 unspecified atom stereocenters. The fourth-order valence-corrected chi connectivity index (χ4v) is 3.91. The van der Waals surface area contributed by atoms with Crippen molar-refractivity contribution in [2.75, 3.05) is 32.7 Å². The topological polar surface area (TPSA) is 118 Å². The van der Waals surface area contributed by atoms with Crippen LogP contribution in [0, 0.1) is 0 Å². The van der Waals surface area contributed by atoms with E-state index in [4.69, 9.17) is 15.2 Å². The number of rotatable bonds is 19. The highest BCUT2D eigenvalue weighted by Gasteiger charge is 2.27. The highest BCUT2D eigenvalue weighted by atomic mass is 16.6. The monoisotopic (exact) mass is 581 g/mol. The van der Waals surface area contributed by atoms with Gasteiger partial charge in [-0.3, -0.25) is 10.3 Å². The average molecular weight is 582 g/mol. The van der Waals surface area contributed by atoms with Crippen LogP contribution in [0.1, 0.15) is 132 Å². The van der Waals surface area contributed by atoms with Crippen molar-refractivity contribution >= 4 is 18.1 Å². The summed E-state index contributed by atoms with van der Waals surface area (Å²) >= 11 is 0. The predicted molar refractivity (Wildman–Crippen MR) is 171 cm³/mol. The van der Waals surface area contributed by atoms with Crippen molar-refractivity contribution < 1.29 is 19.1 Å². The number of nitrogens with one attached hydrogen (secondary N) is 2. The normalized spacial score (nSPS) is 12.2. The summed E-state index contributed by atoms with van der Waals surface area (Å²) in [4.78, 5) is 31.6. The first-order valence-corrected chi connectivity index (χ1v) is 15.8. The molecule has 0 aromatic heterocycles. The SMILES string of the molecule is CC(C)=CCN(C(=O)OC(C)(C)C)C(=NCCCCCCCCNCCCCCCCCN)NC(=O)OC(C)(C)C. The van der Waals surface area contributed by atoms with E-state index in [9.17, 15) is 9.59 Å². The van der Waals surface area contributed by atoms with Crippen molar-refractivity contribution in [2.24, 2.45) is 10.7 Å². The summed E-state index contributed by atoms with van der Waals surface area (Å²) in [5, 5.41) is 6.25. The van der Waals surface area contributed by atoms with Gasteiger partial charge < -0.3 is 20.5 Å². The Morgan fingerprint density at radius 1 is 0.756 bits per heavy atom. The Bertz CT molecular complexity index is 765. The zero-order chi connectivity index (χ0) is 31.2. The highest BCUT2D eigenvalue weighted by Crippen LogP contribution is 2.13. The third kappa shape index (κ3) is 25.3. The van der Waals surface area contributed by atoms with Gasteiger partial charge in [0.25, 0.3) is 0 Å². The minimum atomic E-state index is -0.683. The van der Waals surface area contributed by atoms with E-state index in [0.29, 0.717) is 6.54 Å². The van der Waals surface area contributed by atoms with Crippen LogP contribution in [0.4, 0.5) is 9.59 Å². The van der Waals surface area contributed by atoms with E-state index in [2.05, 4.69) is 15.6 Å². The third-order valence-corrected chi connectivity index (χ3v) is 6.00. The number of alkyl carbamates (subject to hydrolysis) is 1. The molecule has 41 heavy (non-hydrogen) atoms. The number of nitrogens with zero attached hydrogens (tertiary/aromatic N) is 2. The lowest BCUT2D eigenvalue weighted by atomic mass is 10.1. The molecule has 0 fully saturated rings. The van der Waals surface area contributed by atoms with Gasteiger partial charge in [-0.05, 0) is 101 Å². The standard InChI is InChI=1S/C32H63N5O4/c1-27(2)21-26-37(30(39)41-32(6,7)8)28(36-29(38)40-31(3,4)5)35-25-20-16-12-11-15-19-24-34-23-18-14-10-9-13-17-22-33/h21,34H,9-20,22-26,33H2,1-8H3,(H,35,36,38). The first-order valence-electron chi connectivity index (χ1n) is 15.8. The van der Waals surface area contributed by atoms with Crippen LogP contribution in [0.3, 0.4) is 0 Å². The van der Waals surface area contributed by atoms with Crippen LogP contribution in [0.15, 0.2) is 16.6 Å². The molecule has 0 aliphatic rings. The van der Waals surface area contributed by atoms with Crippen LogP contribution in [0.5, 0.6) is 0 Å². The number of carbonyl (C=O) groups is 2. The van der Waals surface area contributed by atoms with Crippen LogP contribution in [-0.4, -0.2) is 67.0 Å². The van der Waals surface area contributed by atoms with Gasteiger partial charge in [0.15, 0.2) is 0 Å². The van der Waals surface area contributed by atoms with Gasteiger partial charge in [0, 0.05) is 6.54 Å². The highest BCUT2D eigenvalue weighted by molar-refractivity contribution is 6.01. The fraction of sp³-hybridized carbons (Fsp3) is 0.844. The molecule has 0 atom stereocenters. The lowest BCUT2D eigenvalue weighted by Gasteiger charge is -2.28. The van der Waals surface area contributed by atoms with E-state index < -0.39 is 23.4 Å². The van der Waals surface area contributed by atoms with Gasteiger partial charge in [-0.2, -0.15) is 0 Å². The summed E-state index contributed by atoms with van der Waals surface area (Å²) in [7, 11) is 0. The molecular weight excluding hydrogens is 518 g/mol. The van der Waals surface area contributed by atoms with Crippen LogP contribution in [0.25, 0.3) is 0 Å². The maximum Gasteiger partial charge on any atom is 0.417 e. The molecule has 0 spiro atoms. The molecule has 0 aromatic carbocycles. The lowest BCUT2D eigenvalue weighted by Crippen LogP contribution is -2.50.